The molecule has 0 aliphatic carbocycles. The molecule has 1 heterocycles. The number of hydrogen-bond donors (Lipinski definition) is 0. The van der Waals surface area contributed by atoms with E-state index in [9.17, 15) is 21.6 Å². The monoisotopic (exact) mass is 350 g/mol. The van der Waals surface area contributed by atoms with Gasteiger partial charge >= 0.3 is 15.6 Å². The van der Waals surface area contributed by atoms with Crippen molar-refractivity contribution in [2.24, 2.45) is 0 Å². The lowest BCUT2D eigenvalue weighted by Crippen LogP contribution is -2.28. The molecule has 0 spiro atoms. The number of furan rings is 1. The highest BCUT2D eigenvalue weighted by atomic mass is 35.5. The van der Waals surface area contributed by atoms with Crippen LogP contribution in [-0.2, 0) is 10.1 Å². The average molecular weight is 351 g/mol. The van der Waals surface area contributed by atoms with E-state index in [2.05, 4.69) is 4.18 Å². The van der Waals surface area contributed by atoms with Gasteiger partial charge in [-0.3, -0.25) is 0 Å². The van der Waals surface area contributed by atoms with E-state index in [1.165, 1.54) is 30.3 Å². The Balaban J connectivity index is 2.25. The molecule has 0 radical (unpaired) electrons. The van der Waals surface area contributed by atoms with E-state index in [4.69, 9.17) is 16.0 Å². The first kappa shape index (κ1) is 15.0. The highest BCUT2D eigenvalue weighted by Crippen LogP contribution is 2.38. The molecule has 0 N–H and O–H groups in total. The van der Waals surface area contributed by atoms with Crippen LogP contribution in [0.1, 0.15) is 0 Å². The fourth-order valence-electron chi connectivity index (χ4n) is 2.00. The summed E-state index contributed by atoms with van der Waals surface area (Å²) in [5, 5.41) is 0.895. The first-order valence-electron chi connectivity index (χ1n) is 5.80. The number of hydrogen-bond acceptors (Lipinski definition) is 4. The number of rotatable bonds is 2. The zero-order valence-electron chi connectivity index (χ0n) is 10.5. The van der Waals surface area contributed by atoms with Crippen molar-refractivity contribution < 1.29 is 30.2 Å². The van der Waals surface area contributed by atoms with Gasteiger partial charge in [-0.1, -0.05) is 17.7 Å². The quantitative estimate of drug-likeness (QED) is 0.505. The highest BCUT2D eigenvalue weighted by Gasteiger charge is 2.48. The zero-order valence-corrected chi connectivity index (χ0v) is 12.1. The summed E-state index contributed by atoms with van der Waals surface area (Å²) >= 11 is 5.82. The molecular formula is C13H6ClF3O4S. The second-order valence-electron chi connectivity index (χ2n) is 4.36. The zero-order chi connectivity index (χ0) is 16.1. The van der Waals surface area contributed by atoms with Crippen molar-refractivity contribution in [1.82, 2.24) is 0 Å². The fraction of sp³-hybridized carbons (Fsp3) is 0.0769. The van der Waals surface area contributed by atoms with Gasteiger partial charge in [-0.2, -0.15) is 21.6 Å². The maximum atomic E-state index is 12.5. The van der Waals surface area contributed by atoms with Crippen LogP contribution >= 0.6 is 11.6 Å². The predicted octanol–water partition coefficient (Wildman–Crippen LogP) is 4.47. The van der Waals surface area contributed by atoms with E-state index < -0.39 is 21.4 Å². The lowest BCUT2D eigenvalue weighted by Gasteiger charge is -2.09. The summed E-state index contributed by atoms with van der Waals surface area (Å²) in [5.74, 6) is -0.462. The minimum atomic E-state index is -5.76. The second-order valence-corrected chi connectivity index (χ2v) is 6.33. The molecule has 22 heavy (non-hydrogen) atoms. The first-order valence-corrected chi connectivity index (χ1v) is 7.59. The molecule has 0 saturated carbocycles. The lowest BCUT2D eigenvalue weighted by molar-refractivity contribution is -0.0499. The molecule has 0 fully saturated rings. The van der Waals surface area contributed by atoms with Gasteiger partial charge in [-0.15, -0.1) is 0 Å². The second kappa shape index (κ2) is 4.79. The van der Waals surface area contributed by atoms with Crippen molar-refractivity contribution in [3.05, 3.63) is 41.4 Å². The molecule has 0 amide bonds. The van der Waals surface area contributed by atoms with Gasteiger partial charge in [0.25, 0.3) is 0 Å². The summed E-state index contributed by atoms with van der Waals surface area (Å²) in [6.45, 7) is 0. The summed E-state index contributed by atoms with van der Waals surface area (Å²) in [6.07, 6.45) is 0. The van der Waals surface area contributed by atoms with Gasteiger partial charge in [0.2, 0.25) is 0 Å². The highest BCUT2D eigenvalue weighted by molar-refractivity contribution is 7.88. The van der Waals surface area contributed by atoms with Gasteiger partial charge in [-0.05, 0) is 24.3 Å². The largest absolute Gasteiger partial charge is 0.534 e. The SMILES string of the molecule is O=S(=O)(Oc1cccc2oc3cc(Cl)ccc3c12)C(F)(F)F. The fourth-order valence-corrected chi connectivity index (χ4v) is 2.63. The van der Waals surface area contributed by atoms with E-state index in [0.29, 0.717) is 16.0 Å². The van der Waals surface area contributed by atoms with Crippen molar-refractivity contribution in [2.45, 2.75) is 5.51 Å². The summed E-state index contributed by atoms with van der Waals surface area (Å²) < 4.78 is 69.4. The minimum absolute atomic E-state index is 0.127. The average Bonchev–Trinajstić information content (AvgIpc) is 2.75. The van der Waals surface area contributed by atoms with Gasteiger partial charge in [0.1, 0.15) is 11.2 Å². The van der Waals surface area contributed by atoms with Crippen LogP contribution in [0.3, 0.4) is 0 Å². The summed E-state index contributed by atoms with van der Waals surface area (Å²) in [7, 11) is -5.76. The molecule has 4 nitrogen and oxygen atoms in total. The normalized spacial score (nSPS) is 12.9. The van der Waals surface area contributed by atoms with Crippen molar-refractivity contribution in [2.75, 3.05) is 0 Å². The van der Waals surface area contributed by atoms with Gasteiger partial charge in [0, 0.05) is 16.5 Å². The van der Waals surface area contributed by atoms with Crippen molar-refractivity contribution in [3.8, 4) is 5.75 Å². The Morgan fingerprint density at radius 2 is 1.82 bits per heavy atom. The van der Waals surface area contributed by atoms with E-state index in [1.54, 1.807) is 0 Å². The molecule has 0 aliphatic heterocycles. The van der Waals surface area contributed by atoms with Crippen LogP contribution in [-0.4, -0.2) is 13.9 Å². The van der Waals surface area contributed by atoms with Gasteiger partial charge in [0.15, 0.2) is 5.75 Å². The Bertz CT molecular complexity index is 976. The van der Waals surface area contributed by atoms with Crippen LogP contribution in [0, 0.1) is 0 Å². The number of halogens is 4. The molecule has 3 rings (SSSR count). The van der Waals surface area contributed by atoms with Crippen molar-refractivity contribution >= 4 is 43.7 Å². The lowest BCUT2D eigenvalue weighted by atomic mass is 10.1. The number of benzene rings is 2. The predicted molar refractivity (Wildman–Crippen MR) is 74.3 cm³/mol. The van der Waals surface area contributed by atoms with Crippen LogP contribution in [0.4, 0.5) is 13.2 Å². The Hall–Kier alpha value is -1.93. The van der Waals surface area contributed by atoms with Gasteiger partial charge in [-0.25, -0.2) is 0 Å². The smallest absolute Gasteiger partial charge is 0.456 e. The maximum absolute atomic E-state index is 12.5. The van der Waals surface area contributed by atoms with E-state index in [-0.39, 0.29) is 11.0 Å². The van der Waals surface area contributed by atoms with Crippen LogP contribution in [0.5, 0.6) is 5.75 Å². The third-order valence-corrected chi connectivity index (χ3v) is 4.10. The summed E-state index contributed by atoms with van der Waals surface area (Å²) in [6, 6.07) is 8.42. The maximum Gasteiger partial charge on any atom is 0.534 e. The summed E-state index contributed by atoms with van der Waals surface area (Å²) in [5.41, 5.74) is -5.02. The molecule has 0 bridgehead atoms. The molecule has 0 saturated heterocycles. The third kappa shape index (κ3) is 2.38. The van der Waals surface area contributed by atoms with Crippen molar-refractivity contribution in [1.29, 1.82) is 0 Å². The molecule has 9 heteroatoms. The van der Waals surface area contributed by atoms with E-state index in [1.807, 2.05) is 0 Å². The molecule has 2 aromatic carbocycles. The standard InChI is InChI=1S/C13H6ClF3O4S/c14-7-4-5-8-11(6-7)20-9-2-1-3-10(12(8)9)21-22(18,19)13(15,16)17/h1-6H. The van der Waals surface area contributed by atoms with E-state index in [0.717, 1.165) is 6.07 Å². The Kier molecular flexibility index (Phi) is 3.26. The number of alkyl halides is 3. The third-order valence-electron chi connectivity index (χ3n) is 2.90. The molecule has 0 atom stereocenters. The Labute approximate surface area is 127 Å². The van der Waals surface area contributed by atoms with Gasteiger partial charge < -0.3 is 8.60 Å². The molecule has 0 unspecified atom stereocenters. The molecule has 1 aromatic heterocycles. The van der Waals surface area contributed by atoms with Gasteiger partial charge in [0.05, 0.1) is 5.39 Å². The van der Waals surface area contributed by atoms with Crippen LogP contribution < -0.4 is 4.18 Å². The molecule has 3 aromatic rings. The topological polar surface area (TPSA) is 56.5 Å². The molecule has 116 valence electrons. The summed E-state index contributed by atoms with van der Waals surface area (Å²) in [4.78, 5) is 0. The Morgan fingerprint density at radius 3 is 2.50 bits per heavy atom. The Morgan fingerprint density at radius 1 is 1.09 bits per heavy atom. The number of fused-ring (bicyclic) bond motifs is 3. The molecular weight excluding hydrogens is 345 g/mol. The van der Waals surface area contributed by atoms with Crippen molar-refractivity contribution in [3.63, 3.8) is 0 Å². The first-order chi connectivity index (χ1) is 10.2. The van der Waals surface area contributed by atoms with Crippen LogP contribution in [0.15, 0.2) is 40.8 Å². The van der Waals surface area contributed by atoms with Crippen LogP contribution in [0.25, 0.3) is 21.9 Å². The molecule has 0 aliphatic rings. The van der Waals surface area contributed by atoms with Crippen LogP contribution in [0.2, 0.25) is 5.02 Å². The minimum Gasteiger partial charge on any atom is -0.456 e. The van der Waals surface area contributed by atoms with E-state index >= 15 is 0 Å².